The van der Waals surface area contributed by atoms with Crippen LogP contribution in [0.1, 0.15) is 39.2 Å². The smallest absolute Gasteiger partial charge is 0.410 e. The van der Waals surface area contributed by atoms with Gasteiger partial charge in [0.25, 0.3) is 0 Å². The molecule has 6 heteroatoms. The Morgan fingerprint density at radius 1 is 1.23 bits per heavy atom. The van der Waals surface area contributed by atoms with Crippen molar-refractivity contribution in [3.05, 3.63) is 35.9 Å². The summed E-state index contributed by atoms with van der Waals surface area (Å²) in [5.41, 5.74) is 0.947. The summed E-state index contributed by atoms with van der Waals surface area (Å²) in [6, 6.07) is 9.36. The highest BCUT2D eigenvalue weighted by molar-refractivity contribution is 6.74. The van der Waals surface area contributed by atoms with Crippen LogP contribution in [0.4, 0.5) is 4.79 Å². The first-order valence-corrected chi connectivity index (χ1v) is 12.1. The van der Waals surface area contributed by atoms with Gasteiger partial charge in [0.15, 0.2) is 8.32 Å². The van der Waals surface area contributed by atoms with Gasteiger partial charge in [0.2, 0.25) is 0 Å². The molecule has 0 aromatic heterocycles. The van der Waals surface area contributed by atoms with Crippen molar-refractivity contribution in [2.24, 2.45) is 0 Å². The molecule has 1 amide bonds. The van der Waals surface area contributed by atoms with Crippen molar-refractivity contribution in [3.8, 4) is 0 Å². The Morgan fingerprint density at radius 2 is 1.88 bits per heavy atom. The molecule has 0 spiro atoms. The van der Waals surface area contributed by atoms with Gasteiger partial charge in [-0.2, -0.15) is 0 Å². The summed E-state index contributed by atoms with van der Waals surface area (Å²) < 4.78 is 11.7. The number of Topliss-reactive ketones (excluding diaryl/α,β-unsaturated/α-hetero) is 1. The molecule has 0 radical (unpaired) electrons. The Bertz CT molecular complexity index is 624. The number of benzene rings is 1. The van der Waals surface area contributed by atoms with Crippen LogP contribution in [-0.2, 0) is 20.6 Å². The lowest BCUT2D eigenvalue weighted by molar-refractivity contribution is -0.123. The van der Waals surface area contributed by atoms with E-state index in [1.807, 2.05) is 30.3 Å². The van der Waals surface area contributed by atoms with Crippen molar-refractivity contribution >= 4 is 20.2 Å². The first kappa shape index (κ1) is 20.6. The predicted molar refractivity (Wildman–Crippen MR) is 105 cm³/mol. The monoisotopic (exact) mass is 377 g/mol. The Kier molecular flexibility index (Phi) is 6.63. The standard InChI is InChI=1S/C20H31NO4Si/c1-20(2,3)26(4,5)25-15-17-13-18(22)11-12-21(17)19(23)24-14-16-9-7-6-8-10-16/h6-10,17H,11-15H2,1-5H3. The summed E-state index contributed by atoms with van der Waals surface area (Å²) in [5, 5.41) is 0.0876. The maximum absolute atomic E-state index is 12.6. The van der Waals surface area contributed by atoms with Crippen molar-refractivity contribution in [2.45, 2.75) is 64.4 Å². The van der Waals surface area contributed by atoms with Gasteiger partial charge < -0.3 is 14.1 Å². The molecule has 1 saturated heterocycles. The average Bonchev–Trinajstić information content (AvgIpc) is 2.58. The van der Waals surface area contributed by atoms with Crippen molar-refractivity contribution < 1.29 is 18.8 Å². The number of amides is 1. The average molecular weight is 378 g/mol. The lowest BCUT2D eigenvalue weighted by atomic mass is 10.0. The number of hydrogen-bond acceptors (Lipinski definition) is 4. The number of ketones is 1. The van der Waals surface area contributed by atoms with E-state index in [0.29, 0.717) is 26.0 Å². The van der Waals surface area contributed by atoms with E-state index in [1.54, 1.807) is 4.90 Å². The SMILES string of the molecule is CC(C)(C)[Si](C)(C)OCC1CC(=O)CCN1C(=O)OCc1ccccc1. The van der Waals surface area contributed by atoms with Crippen LogP contribution in [0.25, 0.3) is 0 Å². The number of hydrogen-bond donors (Lipinski definition) is 0. The zero-order chi connectivity index (χ0) is 19.4. The molecule has 1 unspecified atom stereocenters. The minimum atomic E-state index is -1.94. The predicted octanol–water partition coefficient (Wildman–Crippen LogP) is 4.38. The molecule has 1 aliphatic heterocycles. The fourth-order valence-corrected chi connectivity index (χ4v) is 3.66. The number of carbonyl (C=O) groups is 2. The van der Waals surface area contributed by atoms with Crippen LogP contribution in [0.2, 0.25) is 18.1 Å². The van der Waals surface area contributed by atoms with Gasteiger partial charge in [0.05, 0.1) is 12.6 Å². The number of ether oxygens (including phenoxy) is 1. The van der Waals surface area contributed by atoms with E-state index >= 15 is 0 Å². The molecule has 1 aliphatic rings. The first-order chi connectivity index (χ1) is 12.1. The Labute approximate surface area is 157 Å². The highest BCUT2D eigenvalue weighted by Crippen LogP contribution is 2.37. The van der Waals surface area contributed by atoms with E-state index in [1.165, 1.54) is 0 Å². The van der Waals surface area contributed by atoms with Gasteiger partial charge in [0.1, 0.15) is 12.4 Å². The van der Waals surface area contributed by atoms with Crippen molar-refractivity contribution in [1.82, 2.24) is 4.90 Å². The molecule has 1 aromatic rings. The maximum atomic E-state index is 12.6. The van der Waals surface area contributed by atoms with Gasteiger partial charge in [-0.3, -0.25) is 4.79 Å². The van der Waals surface area contributed by atoms with E-state index in [0.717, 1.165) is 5.56 Å². The summed E-state index contributed by atoms with van der Waals surface area (Å²) in [5.74, 6) is 0.181. The van der Waals surface area contributed by atoms with Crippen molar-refractivity contribution in [3.63, 3.8) is 0 Å². The van der Waals surface area contributed by atoms with Crippen LogP contribution in [0, 0.1) is 0 Å². The van der Waals surface area contributed by atoms with Crippen molar-refractivity contribution in [2.75, 3.05) is 13.2 Å². The second-order valence-electron chi connectivity index (χ2n) is 8.45. The molecule has 2 rings (SSSR count). The molecule has 1 aromatic carbocycles. The largest absolute Gasteiger partial charge is 0.445 e. The molecule has 0 saturated carbocycles. The summed E-state index contributed by atoms with van der Waals surface area (Å²) >= 11 is 0. The van der Waals surface area contributed by atoms with E-state index in [-0.39, 0.29) is 29.6 Å². The Morgan fingerprint density at radius 3 is 2.50 bits per heavy atom. The van der Waals surface area contributed by atoms with Crippen molar-refractivity contribution in [1.29, 1.82) is 0 Å². The molecule has 26 heavy (non-hydrogen) atoms. The van der Waals surface area contributed by atoms with E-state index in [2.05, 4.69) is 33.9 Å². The Balaban J connectivity index is 1.98. The first-order valence-electron chi connectivity index (χ1n) is 9.23. The second-order valence-corrected chi connectivity index (χ2v) is 13.3. The third kappa shape index (κ3) is 5.41. The highest BCUT2D eigenvalue weighted by atomic mass is 28.4. The van der Waals surface area contributed by atoms with Gasteiger partial charge in [-0.15, -0.1) is 0 Å². The zero-order valence-corrected chi connectivity index (χ0v) is 17.6. The highest BCUT2D eigenvalue weighted by Gasteiger charge is 2.39. The van der Waals surface area contributed by atoms with Gasteiger partial charge in [0, 0.05) is 19.4 Å². The molecule has 0 N–H and O–H groups in total. The minimum absolute atomic E-state index is 0.0876. The molecule has 1 fully saturated rings. The normalized spacial score (nSPS) is 18.7. The van der Waals surface area contributed by atoms with E-state index in [9.17, 15) is 9.59 Å². The molecular formula is C20H31NO4Si. The topological polar surface area (TPSA) is 55.8 Å². The molecule has 1 heterocycles. The molecule has 0 bridgehead atoms. The number of nitrogens with zero attached hydrogens (tertiary/aromatic N) is 1. The molecular weight excluding hydrogens is 346 g/mol. The van der Waals surface area contributed by atoms with Gasteiger partial charge in [-0.25, -0.2) is 4.79 Å². The second kappa shape index (κ2) is 8.35. The van der Waals surface area contributed by atoms with Crippen LogP contribution in [0.15, 0.2) is 30.3 Å². The Hall–Kier alpha value is -1.66. The number of rotatable bonds is 5. The molecule has 144 valence electrons. The number of likely N-dealkylation sites (tertiary alicyclic amines) is 1. The van der Waals surface area contributed by atoms with Gasteiger partial charge >= 0.3 is 6.09 Å². The fraction of sp³-hybridized carbons (Fsp3) is 0.600. The number of carbonyl (C=O) groups excluding carboxylic acids is 2. The molecule has 1 atom stereocenters. The molecule has 5 nitrogen and oxygen atoms in total. The van der Waals surface area contributed by atoms with Crippen LogP contribution < -0.4 is 0 Å². The summed E-state index contributed by atoms with van der Waals surface area (Å²) in [6.45, 7) is 11.9. The van der Waals surface area contributed by atoms with Crippen LogP contribution >= 0.6 is 0 Å². The maximum Gasteiger partial charge on any atom is 0.410 e. The van der Waals surface area contributed by atoms with Crippen LogP contribution in [0.5, 0.6) is 0 Å². The third-order valence-corrected chi connectivity index (χ3v) is 9.92. The summed E-state index contributed by atoms with van der Waals surface area (Å²) in [7, 11) is -1.94. The fourth-order valence-electron chi connectivity index (χ4n) is 2.62. The van der Waals surface area contributed by atoms with Gasteiger partial charge in [-0.05, 0) is 23.7 Å². The third-order valence-electron chi connectivity index (χ3n) is 5.42. The molecule has 0 aliphatic carbocycles. The minimum Gasteiger partial charge on any atom is -0.445 e. The lowest BCUT2D eigenvalue weighted by Gasteiger charge is -2.40. The van der Waals surface area contributed by atoms with Crippen LogP contribution in [0.3, 0.4) is 0 Å². The van der Waals surface area contributed by atoms with E-state index in [4.69, 9.17) is 9.16 Å². The lowest BCUT2D eigenvalue weighted by Crippen LogP contribution is -2.51. The van der Waals surface area contributed by atoms with Crippen LogP contribution in [-0.4, -0.2) is 44.3 Å². The van der Waals surface area contributed by atoms with Gasteiger partial charge in [-0.1, -0.05) is 51.1 Å². The quantitative estimate of drug-likeness (QED) is 0.715. The zero-order valence-electron chi connectivity index (χ0n) is 16.6. The summed E-state index contributed by atoms with van der Waals surface area (Å²) in [4.78, 5) is 26.1. The van der Waals surface area contributed by atoms with E-state index < -0.39 is 8.32 Å². The number of piperidine rings is 1. The summed E-state index contributed by atoms with van der Waals surface area (Å²) in [6.07, 6.45) is 0.358.